The first-order valence-electron chi connectivity index (χ1n) is 7.74. The molecule has 1 aromatic rings. The maximum Gasteiger partial charge on any atom is 0.122 e. The van der Waals surface area contributed by atoms with Gasteiger partial charge in [-0.1, -0.05) is 31.0 Å². The molecule has 3 nitrogen and oxygen atoms in total. The molecule has 0 aromatic heterocycles. The average Bonchev–Trinajstić information content (AvgIpc) is 3.28. The fourth-order valence-corrected chi connectivity index (χ4v) is 2.66. The molecular weight excluding hydrogens is 248 g/mol. The molecule has 0 amide bonds. The van der Waals surface area contributed by atoms with Crippen LogP contribution in [0.25, 0.3) is 0 Å². The van der Waals surface area contributed by atoms with E-state index in [1.165, 1.54) is 31.2 Å². The Hall–Kier alpha value is -1.06. The van der Waals surface area contributed by atoms with Crippen LogP contribution in [-0.2, 0) is 6.42 Å². The van der Waals surface area contributed by atoms with Crippen LogP contribution in [0.15, 0.2) is 24.3 Å². The van der Waals surface area contributed by atoms with Gasteiger partial charge in [0.1, 0.15) is 5.75 Å². The predicted molar refractivity (Wildman–Crippen MR) is 84.1 cm³/mol. The molecule has 3 heteroatoms. The predicted octanol–water partition coefficient (Wildman–Crippen LogP) is 2.73. The van der Waals surface area contributed by atoms with Gasteiger partial charge in [0.05, 0.1) is 7.11 Å². The number of para-hydroxylation sites is 1. The minimum atomic E-state index is -0.0574. The first-order chi connectivity index (χ1) is 9.67. The molecule has 1 aliphatic carbocycles. The monoisotopic (exact) mass is 276 g/mol. The van der Waals surface area contributed by atoms with Gasteiger partial charge in [0.25, 0.3) is 0 Å². The summed E-state index contributed by atoms with van der Waals surface area (Å²) in [6, 6.07) is 8.20. The molecule has 112 valence electrons. The fourth-order valence-electron chi connectivity index (χ4n) is 2.66. The zero-order valence-corrected chi connectivity index (χ0v) is 12.8. The third-order valence-electron chi connectivity index (χ3n) is 4.26. The van der Waals surface area contributed by atoms with Crippen LogP contribution < -0.4 is 15.8 Å². The van der Waals surface area contributed by atoms with E-state index in [1.807, 2.05) is 12.1 Å². The smallest absolute Gasteiger partial charge is 0.122 e. The van der Waals surface area contributed by atoms with Crippen LogP contribution in [0.4, 0.5) is 0 Å². The number of ether oxygens (including phenoxy) is 1. The van der Waals surface area contributed by atoms with Crippen LogP contribution in [0.5, 0.6) is 5.75 Å². The van der Waals surface area contributed by atoms with Gasteiger partial charge in [-0.25, -0.2) is 0 Å². The van der Waals surface area contributed by atoms with Gasteiger partial charge in [-0.05, 0) is 50.3 Å². The van der Waals surface area contributed by atoms with Crippen molar-refractivity contribution in [3.05, 3.63) is 29.8 Å². The summed E-state index contributed by atoms with van der Waals surface area (Å²) in [4.78, 5) is 0. The molecule has 0 heterocycles. The Morgan fingerprint density at radius 3 is 2.75 bits per heavy atom. The molecule has 1 fully saturated rings. The van der Waals surface area contributed by atoms with Gasteiger partial charge in [-0.15, -0.1) is 0 Å². The Morgan fingerprint density at radius 1 is 1.35 bits per heavy atom. The lowest BCUT2D eigenvalue weighted by Gasteiger charge is -2.30. The summed E-state index contributed by atoms with van der Waals surface area (Å²) in [6.07, 6.45) is 6.40. The summed E-state index contributed by atoms with van der Waals surface area (Å²) in [5.41, 5.74) is 7.16. The molecule has 0 saturated heterocycles. The van der Waals surface area contributed by atoms with Crippen LogP contribution in [-0.4, -0.2) is 25.7 Å². The van der Waals surface area contributed by atoms with Gasteiger partial charge in [0, 0.05) is 12.1 Å². The zero-order chi connectivity index (χ0) is 14.4. The van der Waals surface area contributed by atoms with E-state index >= 15 is 0 Å². The lowest BCUT2D eigenvalue weighted by atomic mass is 9.92. The highest BCUT2D eigenvalue weighted by molar-refractivity contribution is 5.34. The van der Waals surface area contributed by atoms with E-state index in [0.717, 1.165) is 24.6 Å². The van der Waals surface area contributed by atoms with Crippen LogP contribution in [0, 0.1) is 5.92 Å². The largest absolute Gasteiger partial charge is 0.496 e. The number of methoxy groups -OCH3 is 1. The van der Waals surface area contributed by atoms with E-state index in [9.17, 15) is 0 Å². The standard InChI is InChI=1S/C17H28N2O/c1-17(13-18,19-11-5-6-14-9-10-14)12-15-7-3-4-8-16(15)20-2/h3-4,7-8,14,19H,5-6,9-13,18H2,1-2H3. The normalized spacial score (nSPS) is 17.8. The second-order valence-electron chi connectivity index (χ2n) is 6.27. The van der Waals surface area contributed by atoms with E-state index in [4.69, 9.17) is 10.5 Å². The van der Waals surface area contributed by atoms with Crippen LogP contribution in [0.1, 0.15) is 38.2 Å². The third kappa shape index (κ3) is 4.50. The Labute approximate surface area is 122 Å². The number of nitrogens with two attached hydrogens (primary N) is 1. The second-order valence-corrected chi connectivity index (χ2v) is 6.27. The summed E-state index contributed by atoms with van der Waals surface area (Å²) in [7, 11) is 1.72. The molecule has 1 aromatic carbocycles. The maximum atomic E-state index is 6.00. The number of hydrogen-bond acceptors (Lipinski definition) is 3. The quantitative estimate of drug-likeness (QED) is 0.682. The van der Waals surface area contributed by atoms with E-state index in [2.05, 4.69) is 24.4 Å². The topological polar surface area (TPSA) is 47.3 Å². The summed E-state index contributed by atoms with van der Waals surface area (Å²) >= 11 is 0. The van der Waals surface area contributed by atoms with Crippen molar-refractivity contribution in [2.75, 3.05) is 20.2 Å². The Bertz CT molecular complexity index is 417. The summed E-state index contributed by atoms with van der Waals surface area (Å²) in [5, 5.41) is 3.65. The van der Waals surface area contributed by atoms with Crippen molar-refractivity contribution in [2.24, 2.45) is 11.7 Å². The molecule has 0 bridgehead atoms. The number of hydrogen-bond donors (Lipinski definition) is 2. The third-order valence-corrected chi connectivity index (χ3v) is 4.26. The first-order valence-corrected chi connectivity index (χ1v) is 7.74. The highest BCUT2D eigenvalue weighted by Gasteiger charge is 2.24. The molecule has 0 radical (unpaired) electrons. The number of rotatable bonds is 9. The van der Waals surface area contributed by atoms with E-state index in [1.54, 1.807) is 7.11 Å². The van der Waals surface area contributed by atoms with Crippen LogP contribution in [0.3, 0.4) is 0 Å². The molecule has 1 saturated carbocycles. The van der Waals surface area contributed by atoms with Crippen molar-refractivity contribution in [1.82, 2.24) is 5.32 Å². The number of benzene rings is 1. The van der Waals surface area contributed by atoms with Crippen molar-refractivity contribution in [3.63, 3.8) is 0 Å². The van der Waals surface area contributed by atoms with Crippen molar-refractivity contribution in [2.45, 2.75) is 44.6 Å². The minimum absolute atomic E-state index is 0.0574. The Kier molecular flexibility index (Phi) is 5.44. The molecular formula is C17H28N2O. The highest BCUT2D eigenvalue weighted by Crippen LogP contribution is 2.33. The van der Waals surface area contributed by atoms with Gasteiger partial charge in [0.2, 0.25) is 0 Å². The van der Waals surface area contributed by atoms with Gasteiger partial charge in [0.15, 0.2) is 0 Å². The van der Waals surface area contributed by atoms with Crippen LogP contribution >= 0.6 is 0 Å². The van der Waals surface area contributed by atoms with Gasteiger partial charge in [-0.3, -0.25) is 0 Å². The lowest BCUT2D eigenvalue weighted by Crippen LogP contribution is -2.50. The molecule has 0 aliphatic heterocycles. The van der Waals surface area contributed by atoms with Crippen LogP contribution in [0.2, 0.25) is 0 Å². The minimum Gasteiger partial charge on any atom is -0.496 e. The van der Waals surface area contributed by atoms with E-state index in [0.29, 0.717) is 6.54 Å². The Morgan fingerprint density at radius 2 is 2.10 bits per heavy atom. The molecule has 1 atom stereocenters. The fraction of sp³-hybridized carbons (Fsp3) is 0.647. The molecule has 1 aliphatic rings. The maximum absolute atomic E-state index is 6.00. The molecule has 0 spiro atoms. The SMILES string of the molecule is COc1ccccc1CC(C)(CN)NCCCC1CC1. The first kappa shape index (κ1) is 15.3. The van der Waals surface area contributed by atoms with Crippen molar-refractivity contribution in [1.29, 1.82) is 0 Å². The van der Waals surface area contributed by atoms with Crippen molar-refractivity contribution >= 4 is 0 Å². The summed E-state index contributed by atoms with van der Waals surface area (Å²) in [5.74, 6) is 1.96. The van der Waals surface area contributed by atoms with Crippen molar-refractivity contribution < 1.29 is 4.74 Å². The molecule has 3 N–H and O–H groups in total. The molecule has 2 rings (SSSR count). The number of nitrogens with one attached hydrogen (secondary N) is 1. The summed E-state index contributed by atoms with van der Waals surface area (Å²) in [6.45, 7) is 3.89. The van der Waals surface area contributed by atoms with Crippen molar-refractivity contribution in [3.8, 4) is 5.75 Å². The van der Waals surface area contributed by atoms with Gasteiger partial charge in [-0.2, -0.15) is 0 Å². The van der Waals surface area contributed by atoms with Gasteiger partial charge >= 0.3 is 0 Å². The van der Waals surface area contributed by atoms with E-state index < -0.39 is 0 Å². The molecule has 20 heavy (non-hydrogen) atoms. The zero-order valence-electron chi connectivity index (χ0n) is 12.8. The van der Waals surface area contributed by atoms with E-state index in [-0.39, 0.29) is 5.54 Å². The summed E-state index contributed by atoms with van der Waals surface area (Å²) < 4.78 is 5.43. The highest BCUT2D eigenvalue weighted by atomic mass is 16.5. The van der Waals surface area contributed by atoms with Gasteiger partial charge < -0.3 is 15.8 Å². The molecule has 1 unspecified atom stereocenters. The average molecular weight is 276 g/mol. The lowest BCUT2D eigenvalue weighted by molar-refractivity contribution is 0.346. The second kappa shape index (κ2) is 7.09. The Balaban J connectivity index is 1.87.